The summed E-state index contributed by atoms with van der Waals surface area (Å²) in [4.78, 5) is 0. The number of nitrogens with two attached hydrogens (primary N) is 1. The molecule has 2 unspecified atom stereocenters. The van der Waals surface area contributed by atoms with Gasteiger partial charge in [0.25, 0.3) is 0 Å². The predicted molar refractivity (Wildman–Crippen MR) is 67.0 cm³/mol. The molecule has 0 amide bonds. The van der Waals surface area contributed by atoms with Gasteiger partial charge in [-0.3, -0.25) is 0 Å². The maximum atomic E-state index is 13.4. The molecule has 1 aliphatic rings. The van der Waals surface area contributed by atoms with Crippen LogP contribution in [0.1, 0.15) is 17.9 Å². The van der Waals surface area contributed by atoms with Crippen molar-refractivity contribution in [3.8, 4) is 5.75 Å². The summed E-state index contributed by atoms with van der Waals surface area (Å²) >= 11 is 5.80. The summed E-state index contributed by atoms with van der Waals surface area (Å²) in [5, 5.41) is 0.133. The molecule has 0 spiro atoms. The zero-order valence-electron chi connectivity index (χ0n) is 9.46. The molecular formula is C13H15ClFNO. The largest absolute Gasteiger partial charge is 0.489 e. The third kappa shape index (κ3) is 2.61. The van der Waals surface area contributed by atoms with Gasteiger partial charge >= 0.3 is 0 Å². The van der Waals surface area contributed by atoms with Crippen LogP contribution in [0.15, 0.2) is 24.8 Å². The average molecular weight is 256 g/mol. The molecule has 4 heteroatoms. The first-order chi connectivity index (χ1) is 8.17. The molecule has 2 rings (SSSR count). The van der Waals surface area contributed by atoms with Gasteiger partial charge in [-0.05, 0) is 36.4 Å². The molecular weight excluding hydrogens is 241 g/mol. The fourth-order valence-electron chi connectivity index (χ4n) is 2.00. The van der Waals surface area contributed by atoms with Crippen molar-refractivity contribution in [2.24, 2.45) is 11.7 Å². The van der Waals surface area contributed by atoms with Gasteiger partial charge in [-0.1, -0.05) is 24.3 Å². The van der Waals surface area contributed by atoms with Crippen LogP contribution in [0.3, 0.4) is 0 Å². The van der Waals surface area contributed by atoms with E-state index in [0.717, 1.165) is 12.0 Å². The minimum atomic E-state index is -0.459. The van der Waals surface area contributed by atoms with Crippen molar-refractivity contribution >= 4 is 11.6 Å². The lowest BCUT2D eigenvalue weighted by molar-refractivity contribution is 0.356. The van der Waals surface area contributed by atoms with Crippen LogP contribution in [-0.2, 0) is 0 Å². The summed E-state index contributed by atoms with van der Waals surface area (Å²) < 4.78 is 18.8. The highest BCUT2D eigenvalue weighted by atomic mass is 35.5. The summed E-state index contributed by atoms with van der Waals surface area (Å²) in [6, 6.07) is 2.99. The maximum absolute atomic E-state index is 13.4. The van der Waals surface area contributed by atoms with E-state index in [1.807, 2.05) is 0 Å². The van der Waals surface area contributed by atoms with Crippen molar-refractivity contribution < 1.29 is 9.13 Å². The molecule has 0 aliphatic heterocycles. The highest BCUT2D eigenvalue weighted by molar-refractivity contribution is 6.30. The van der Waals surface area contributed by atoms with Crippen molar-refractivity contribution in [3.05, 3.63) is 41.2 Å². The normalized spacial score (nSPS) is 22.3. The third-order valence-corrected chi connectivity index (χ3v) is 3.32. The summed E-state index contributed by atoms with van der Waals surface area (Å²) in [5.74, 6) is 0.896. The van der Waals surface area contributed by atoms with Gasteiger partial charge in [-0.15, -0.1) is 0 Å². The number of hydrogen-bond donors (Lipinski definition) is 1. The van der Waals surface area contributed by atoms with Gasteiger partial charge in [-0.2, -0.15) is 0 Å². The standard InChI is InChI=1S/C13H15ClFNO/c1-2-3-17-13-6-12(15)11(14)5-10(13)9-4-8(9)7-16/h2,5-6,8-9H,1,3-4,7,16H2. The molecule has 92 valence electrons. The minimum Gasteiger partial charge on any atom is -0.489 e. The molecule has 2 nitrogen and oxygen atoms in total. The van der Waals surface area contributed by atoms with E-state index in [2.05, 4.69) is 6.58 Å². The molecule has 1 aliphatic carbocycles. The first-order valence-corrected chi connectivity index (χ1v) is 5.97. The summed E-state index contributed by atoms with van der Waals surface area (Å²) in [7, 11) is 0. The van der Waals surface area contributed by atoms with Crippen LogP contribution in [0.2, 0.25) is 5.02 Å². The van der Waals surface area contributed by atoms with E-state index in [1.54, 1.807) is 12.1 Å². The Kier molecular flexibility index (Phi) is 3.69. The average Bonchev–Trinajstić information content (AvgIpc) is 3.09. The van der Waals surface area contributed by atoms with Crippen LogP contribution in [0, 0.1) is 11.7 Å². The lowest BCUT2D eigenvalue weighted by Crippen LogP contribution is -2.03. The molecule has 0 saturated heterocycles. The molecule has 1 aromatic rings. The molecule has 2 N–H and O–H groups in total. The number of rotatable bonds is 5. The quantitative estimate of drug-likeness (QED) is 0.821. The van der Waals surface area contributed by atoms with E-state index in [0.29, 0.717) is 30.7 Å². The van der Waals surface area contributed by atoms with E-state index in [-0.39, 0.29) is 5.02 Å². The van der Waals surface area contributed by atoms with Crippen molar-refractivity contribution in [3.63, 3.8) is 0 Å². The van der Waals surface area contributed by atoms with Crippen molar-refractivity contribution in [1.29, 1.82) is 0 Å². The molecule has 1 saturated carbocycles. The lowest BCUT2D eigenvalue weighted by atomic mass is 10.1. The topological polar surface area (TPSA) is 35.2 Å². The Morgan fingerprint density at radius 3 is 2.94 bits per heavy atom. The number of benzene rings is 1. The van der Waals surface area contributed by atoms with Gasteiger partial charge in [-0.25, -0.2) is 4.39 Å². The molecule has 1 aromatic carbocycles. The van der Waals surface area contributed by atoms with Gasteiger partial charge in [0.05, 0.1) is 5.02 Å². The first-order valence-electron chi connectivity index (χ1n) is 5.60. The van der Waals surface area contributed by atoms with Gasteiger partial charge < -0.3 is 10.5 Å². The fourth-order valence-corrected chi connectivity index (χ4v) is 2.17. The van der Waals surface area contributed by atoms with E-state index < -0.39 is 5.82 Å². The second-order valence-corrected chi connectivity index (χ2v) is 4.65. The number of halogens is 2. The molecule has 17 heavy (non-hydrogen) atoms. The highest BCUT2D eigenvalue weighted by Crippen LogP contribution is 2.50. The Morgan fingerprint density at radius 2 is 2.35 bits per heavy atom. The Morgan fingerprint density at radius 1 is 1.59 bits per heavy atom. The highest BCUT2D eigenvalue weighted by Gasteiger charge is 2.39. The van der Waals surface area contributed by atoms with Crippen LogP contribution >= 0.6 is 11.6 Å². The van der Waals surface area contributed by atoms with E-state index in [4.69, 9.17) is 22.1 Å². The van der Waals surface area contributed by atoms with Crippen LogP contribution in [0.25, 0.3) is 0 Å². The third-order valence-electron chi connectivity index (χ3n) is 3.03. The Hall–Kier alpha value is -1.06. The zero-order chi connectivity index (χ0) is 12.4. The van der Waals surface area contributed by atoms with E-state index in [1.165, 1.54) is 6.07 Å². The second-order valence-electron chi connectivity index (χ2n) is 4.24. The Balaban J connectivity index is 2.28. The number of hydrogen-bond acceptors (Lipinski definition) is 2. The second kappa shape index (κ2) is 5.07. The van der Waals surface area contributed by atoms with Crippen molar-refractivity contribution in [2.45, 2.75) is 12.3 Å². The molecule has 1 fully saturated rings. The van der Waals surface area contributed by atoms with Gasteiger partial charge in [0.2, 0.25) is 0 Å². The monoisotopic (exact) mass is 255 g/mol. The lowest BCUT2D eigenvalue weighted by Gasteiger charge is -2.11. The summed E-state index contributed by atoms with van der Waals surface area (Å²) in [6.07, 6.45) is 2.65. The molecule has 0 radical (unpaired) electrons. The van der Waals surface area contributed by atoms with Crippen LogP contribution < -0.4 is 10.5 Å². The van der Waals surface area contributed by atoms with E-state index >= 15 is 0 Å². The molecule has 0 heterocycles. The smallest absolute Gasteiger partial charge is 0.145 e. The Bertz CT molecular complexity index is 436. The minimum absolute atomic E-state index is 0.133. The summed E-state index contributed by atoms with van der Waals surface area (Å²) in [5.41, 5.74) is 6.57. The van der Waals surface area contributed by atoms with Gasteiger partial charge in [0.1, 0.15) is 18.2 Å². The van der Waals surface area contributed by atoms with Crippen LogP contribution in [-0.4, -0.2) is 13.2 Å². The predicted octanol–water partition coefficient (Wildman–Crippen LogP) is 3.11. The summed E-state index contributed by atoms with van der Waals surface area (Å²) in [6.45, 7) is 4.57. The van der Waals surface area contributed by atoms with Crippen molar-refractivity contribution in [2.75, 3.05) is 13.2 Å². The van der Waals surface area contributed by atoms with Crippen LogP contribution in [0.4, 0.5) is 4.39 Å². The fraction of sp³-hybridized carbons (Fsp3) is 0.385. The maximum Gasteiger partial charge on any atom is 0.145 e. The number of ether oxygens (including phenoxy) is 1. The first kappa shape index (κ1) is 12.4. The van der Waals surface area contributed by atoms with Gasteiger partial charge in [0, 0.05) is 6.07 Å². The zero-order valence-corrected chi connectivity index (χ0v) is 10.2. The van der Waals surface area contributed by atoms with E-state index in [9.17, 15) is 4.39 Å². The SMILES string of the molecule is C=CCOc1cc(F)c(Cl)cc1C1CC1CN. The van der Waals surface area contributed by atoms with Crippen molar-refractivity contribution in [1.82, 2.24) is 0 Å². The Labute approximate surface area is 105 Å². The molecule has 2 atom stereocenters. The molecule has 0 bridgehead atoms. The van der Waals surface area contributed by atoms with Gasteiger partial charge in [0.15, 0.2) is 0 Å². The van der Waals surface area contributed by atoms with Crippen LogP contribution in [0.5, 0.6) is 5.75 Å². The molecule has 0 aromatic heterocycles.